The molecule has 1 amide bonds. The highest BCUT2D eigenvalue weighted by Gasteiger charge is 2.12. The Bertz CT molecular complexity index is 866. The molecule has 0 radical (unpaired) electrons. The van der Waals surface area contributed by atoms with Gasteiger partial charge in [-0.25, -0.2) is 4.39 Å². The number of rotatable bonds is 6. The molecule has 0 aliphatic heterocycles. The fraction of sp³-hybridized carbons (Fsp3) is 0.100. The lowest BCUT2D eigenvalue weighted by molar-refractivity contribution is -0.112. The summed E-state index contributed by atoms with van der Waals surface area (Å²) in [5, 5.41) is 11.7. The zero-order valence-corrected chi connectivity index (χ0v) is 13.8. The molecule has 0 unspecified atom stereocenters. The highest BCUT2D eigenvalue weighted by Crippen LogP contribution is 2.22. The largest absolute Gasteiger partial charge is 0.496 e. The van der Waals surface area contributed by atoms with Gasteiger partial charge >= 0.3 is 0 Å². The van der Waals surface area contributed by atoms with E-state index in [1.54, 1.807) is 31.4 Å². The van der Waals surface area contributed by atoms with Gasteiger partial charge in [-0.2, -0.15) is 5.26 Å². The number of nitrogens with one attached hydrogen (secondary N) is 1. The summed E-state index contributed by atoms with van der Waals surface area (Å²) in [5.74, 6) is -0.536. The zero-order chi connectivity index (χ0) is 18.2. The van der Waals surface area contributed by atoms with Crippen molar-refractivity contribution in [1.29, 1.82) is 5.26 Å². The molecule has 126 valence electrons. The third-order valence-electron chi connectivity index (χ3n) is 3.47. The third-order valence-corrected chi connectivity index (χ3v) is 3.47. The number of hydrogen-bond donors (Lipinski definition) is 1. The van der Waals surface area contributed by atoms with Crippen LogP contribution >= 0.6 is 0 Å². The molecule has 0 spiro atoms. The van der Waals surface area contributed by atoms with E-state index >= 15 is 0 Å². The molecule has 0 saturated carbocycles. The first-order chi connectivity index (χ1) is 12.1. The summed E-state index contributed by atoms with van der Waals surface area (Å²) in [4.78, 5) is 12.2. The van der Waals surface area contributed by atoms with Gasteiger partial charge in [0.2, 0.25) is 0 Å². The average Bonchev–Trinajstić information content (AvgIpc) is 2.62. The topological polar surface area (TPSA) is 62.1 Å². The van der Waals surface area contributed by atoms with E-state index in [1.165, 1.54) is 24.3 Å². The third kappa shape index (κ3) is 4.55. The molecule has 0 aromatic heterocycles. The molecule has 0 fully saturated rings. The first-order valence-corrected chi connectivity index (χ1v) is 7.54. The Labute approximate surface area is 145 Å². The van der Waals surface area contributed by atoms with Crippen LogP contribution in [0.25, 0.3) is 6.08 Å². The lowest BCUT2D eigenvalue weighted by Crippen LogP contribution is -2.14. The summed E-state index contributed by atoms with van der Waals surface area (Å²) in [7, 11) is 1.57. The molecule has 2 aromatic carbocycles. The first-order valence-electron chi connectivity index (χ1n) is 7.54. The van der Waals surface area contributed by atoms with E-state index in [0.717, 1.165) is 5.56 Å². The van der Waals surface area contributed by atoms with Gasteiger partial charge in [-0.1, -0.05) is 24.3 Å². The van der Waals surface area contributed by atoms with Crippen molar-refractivity contribution >= 4 is 17.7 Å². The maximum atomic E-state index is 13.6. The molecule has 2 rings (SSSR count). The minimum Gasteiger partial charge on any atom is -0.496 e. The van der Waals surface area contributed by atoms with Gasteiger partial charge in [0.25, 0.3) is 5.91 Å². The molecule has 0 saturated heterocycles. The second kappa shape index (κ2) is 8.46. The first kappa shape index (κ1) is 18.0. The number of allylic oxidation sites excluding steroid dienone is 1. The summed E-state index contributed by atoms with van der Waals surface area (Å²) < 4.78 is 18.9. The number of amides is 1. The monoisotopic (exact) mass is 336 g/mol. The van der Waals surface area contributed by atoms with E-state index in [1.807, 2.05) is 12.1 Å². The molecule has 0 atom stereocenters. The van der Waals surface area contributed by atoms with Gasteiger partial charge < -0.3 is 10.1 Å². The van der Waals surface area contributed by atoms with Gasteiger partial charge in [0, 0.05) is 0 Å². The lowest BCUT2D eigenvalue weighted by Gasteiger charge is -2.08. The van der Waals surface area contributed by atoms with Crippen molar-refractivity contribution in [3.8, 4) is 11.8 Å². The van der Waals surface area contributed by atoms with Crippen molar-refractivity contribution in [3.63, 3.8) is 0 Å². The predicted molar refractivity (Wildman–Crippen MR) is 95.5 cm³/mol. The standard InChI is InChI=1S/C20H17FN2O2/c1-3-6-15-11-14(9-10-19(15)25-2)12-16(13-22)20(24)23-18-8-5-4-7-17(18)21/h3-5,7-12H,1,6H2,2H3,(H,23,24)/b16-12-. The highest BCUT2D eigenvalue weighted by atomic mass is 19.1. The van der Waals surface area contributed by atoms with Crippen LogP contribution in [0.4, 0.5) is 10.1 Å². The molecule has 0 heterocycles. The van der Waals surface area contributed by atoms with E-state index in [9.17, 15) is 14.4 Å². The van der Waals surface area contributed by atoms with Crippen LogP contribution < -0.4 is 10.1 Å². The molecule has 5 heteroatoms. The second-order valence-electron chi connectivity index (χ2n) is 5.17. The zero-order valence-electron chi connectivity index (χ0n) is 13.8. The smallest absolute Gasteiger partial charge is 0.266 e. The molecule has 25 heavy (non-hydrogen) atoms. The number of methoxy groups -OCH3 is 1. The van der Waals surface area contributed by atoms with E-state index in [2.05, 4.69) is 11.9 Å². The Morgan fingerprint density at radius 1 is 1.36 bits per heavy atom. The minimum atomic E-state index is -0.673. The van der Waals surface area contributed by atoms with Crippen LogP contribution in [-0.2, 0) is 11.2 Å². The van der Waals surface area contributed by atoms with Gasteiger partial charge in [0.1, 0.15) is 23.2 Å². The molecule has 0 aliphatic rings. The Morgan fingerprint density at radius 3 is 2.76 bits per heavy atom. The number of carbonyl (C=O) groups excluding carboxylic acids is 1. The number of halogens is 1. The summed E-state index contributed by atoms with van der Waals surface area (Å²) in [6, 6.07) is 12.9. The van der Waals surface area contributed by atoms with Crippen molar-refractivity contribution in [2.75, 3.05) is 12.4 Å². The van der Waals surface area contributed by atoms with E-state index in [4.69, 9.17) is 4.74 Å². The number of anilines is 1. The van der Waals surface area contributed by atoms with Gasteiger partial charge in [0.15, 0.2) is 0 Å². The fourth-order valence-electron chi connectivity index (χ4n) is 2.27. The number of hydrogen-bond acceptors (Lipinski definition) is 3. The minimum absolute atomic E-state index is 0.0238. The molecule has 4 nitrogen and oxygen atoms in total. The number of para-hydroxylation sites is 1. The summed E-state index contributed by atoms with van der Waals surface area (Å²) in [5.41, 5.74) is 1.45. The molecule has 0 bridgehead atoms. The number of nitrogens with zero attached hydrogens (tertiary/aromatic N) is 1. The molecule has 0 aliphatic carbocycles. The SMILES string of the molecule is C=CCc1cc(/C=C(/C#N)C(=O)Nc2ccccc2F)ccc1OC. The van der Waals surface area contributed by atoms with Gasteiger partial charge in [-0.05, 0) is 47.9 Å². The van der Waals surface area contributed by atoms with Gasteiger partial charge in [0.05, 0.1) is 12.8 Å². The molecular weight excluding hydrogens is 319 g/mol. The van der Waals surface area contributed by atoms with Crippen LogP contribution in [0.1, 0.15) is 11.1 Å². The summed E-state index contributed by atoms with van der Waals surface area (Å²) in [6.07, 6.45) is 3.78. The highest BCUT2D eigenvalue weighted by molar-refractivity contribution is 6.09. The Morgan fingerprint density at radius 2 is 2.12 bits per heavy atom. The van der Waals surface area contributed by atoms with Crippen molar-refractivity contribution in [1.82, 2.24) is 0 Å². The molecule has 2 aromatic rings. The van der Waals surface area contributed by atoms with Crippen LogP contribution in [-0.4, -0.2) is 13.0 Å². The molecular formula is C20H17FN2O2. The Hall–Kier alpha value is -3.39. The van der Waals surface area contributed by atoms with Crippen molar-refractivity contribution < 1.29 is 13.9 Å². The number of ether oxygens (including phenoxy) is 1. The van der Waals surface area contributed by atoms with Crippen LogP contribution in [0.5, 0.6) is 5.75 Å². The maximum Gasteiger partial charge on any atom is 0.266 e. The van der Waals surface area contributed by atoms with E-state index < -0.39 is 11.7 Å². The number of benzene rings is 2. The number of carbonyl (C=O) groups is 1. The number of nitriles is 1. The second-order valence-corrected chi connectivity index (χ2v) is 5.17. The fourth-order valence-corrected chi connectivity index (χ4v) is 2.27. The normalized spacial score (nSPS) is 10.7. The van der Waals surface area contributed by atoms with Gasteiger partial charge in [-0.15, -0.1) is 6.58 Å². The average molecular weight is 336 g/mol. The Kier molecular flexibility index (Phi) is 6.08. The van der Waals surface area contributed by atoms with Crippen LogP contribution in [0.2, 0.25) is 0 Å². The van der Waals surface area contributed by atoms with Crippen molar-refractivity contribution in [2.45, 2.75) is 6.42 Å². The van der Waals surface area contributed by atoms with Crippen molar-refractivity contribution in [2.24, 2.45) is 0 Å². The molecule has 1 N–H and O–H groups in total. The Balaban J connectivity index is 2.29. The van der Waals surface area contributed by atoms with Gasteiger partial charge in [-0.3, -0.25) is 4.79 Å². The van der Waals surface area contributed by atoms with E-state index in [-0.39, 0.29) is 11.3 Å². The van der Waals surface area contributed by atoms with Crippen LogP contribution in [0, 0.1) is 17.1 Å². The summed E-state index contributed by atoms with van der Waals surface area (Å²) in [6.45, 7) is 3.70. The van der Waals surface area contributed by atoms with Crippen LogP contribution in [0.15, 0.2) is 60.7 Å². The quantitative estimate of drug-likeness (QED) is 0.490. The van der Waals surface area contributed by atoms with Crippen LogP contribution in [0.3, 0.4) is 0 Å². The lowest BCUT2D eigenvalue weighted by atomic mass is 10.0. The van der Waals surface area contributed by atoms with E-state index in [0.29, 0.717) is 17.7 Å². The predicted octanol–water partition coefficient (Wildman–Crippen LogP) is 4.11. The maximum absolute atomic E-state index is 13.6. The summed E-state index contributed by atoms with van der Waals surface area (Å²) >= 11 is 0. The van der Waals surface area contributed by atoms with Crippen molar-refractivity contribution in [3.05, 3.63) is 77.6 Å².